The third-order valence-corrected chi connectivity index (χ3v) is 5.16. The van der Waals surface area contributed by atoms with E-state index in [9.17, 15) is 22.8 Å². The number of benzene rings is 1. The van der Waals surface area contributed by atoms with Gasteiger partial charge in [0, 0.05) is 24.7 Å². The topological polar surface area (TPSA) is 49.4 Å². The lowest BCUT2D eigenvalue weighted by atomic mass is 10.1. The van der Waals surface area contributed by atoms with Crippen LogP contribution < -0.4 is 5.32 Å². The van der Waals surface area contributed by atoms with E-state index in [2.05, 4.69) is 5.32 Å². The van der Waals surface area contributed by atoms with Gasteiger partial charge in [0.25, 0.3) is 0 Å². The molecule has 2 fully saturated rings. The van der Waals surface area contributed by atoms with Gasteiger partial charge in [0.1, 0.15) is 0 Å². The Labute approximate surface area is 148 Å². The van der Waals surface area contributed by atoms with E-state index in [4.69, 9.17) is 11.6 Å². The maximum absolute atomic E-state index is 12.9. The third-order valence-electron chi connectivity index (χ3n) is 4.83. The molecule has 1 heterocycles. The minimum atomic E-state index is -4.60. The minimum Gasteiger partial charge on any atom is -0.339 e. The average molecular weight is 375 g/mol. The average Bonchev–Trinajstić information content (AvgIpc) is 3.17. The summed E-state index contributed by atoms with van der Waals surface area (Å²) in [5, 5.41) is 2.06. The summed E-state index contributed by atoms with van der Waals surface area (Å²) in [5.41, 5.74) is -0.976. The SMILES string of the molecule is O=C(Nc1ccc(Cl)c(C(F)(F)F)c1)[C@@H]1CC(=O)N(C2CCCC2)C1. The van der Waals surface area contributed by atoms with E-state index in [1.54, 1.807) is 4.90 Å². The highest BCUT2D eigenvalue weighted by atomic mass is 35.5. The fourth-order valence-electron chi connectivity index (χ4n) is 3.54. The molecular formula is C17H18ClF3N2O2. The van der Waals surface area contributed by atoms with E-state index in [1.165, 1.54) is 6.07 Å². The predicted octanol–water partition coefficient (Wildman–Crippen LogP) is 4.09. The molecule has 1 aromatic carbocycles. The van der Waals surface area contributed by atoms with Crippen LogP contribution in [0, 0.1) is 5.92 Å². The summed E-state index contributed by atoms with van der Waals surface area (Å²) < 4.78 is 38.7. The third kappa shape index (κ3) is 3.92. The predicted molar refractivity (Wildman–Crippen MR) is 87.2 cm³/mol. The van der Waals surface area contributed by atoms with Crippen LogP contribution in [-0.2, 0) is 15.8 Å². The molecule has 0 bridgehead atoms. The second kappa shape index (κ2) is 6.86. The van der Waals surface area contributed by atoms with Crippen molar-refractivity contribution in [3.8, 4) is 0 Å². The van der Waals surface area contributed by atoms with Crippen molar-refractivity contribution >= 4 is 29.1 Å². The van der Waals surface area contributed by atoms with Gasteiger partial charge in [0.2, 0.25) is 11.8 Å². The van der Waals surface area contributed by atoms with Crippen LogP contribution in [0.25, 0.3) is 0 Å². The molecule has 4 nitrogen and oxygen atoms in total. The zero-order valence-corrected chi connectivity index (χ0v) is 14.2. The summed E-state index contributed by atoms with van der Waals surface area (Å²) in [6, 6.07) is 3.43. The standard InChI is InChI=1S/C17H18ClF3N2O2/c18-14-6-5-11(8-13(14)17(19,20)21)22-16(25)10-7-15(24)23(9-10)12-3-1-2-4-12/h5-6,8,10,12H,1-4,7,9H2,(H,22,25)/t10-/m1/s1. The van der Waals surface area contributed by atoms with E-state index >= 15 is 0 Å². The molecule has 8 heteroatoms. The van der Waals surface area contributed by atoms with Crippen LogP contribution in [0.1, 0.15) is 37.7 Å². The summed E-state index contributed by atoms with van der Waals surface area (Å²) in [6.07, 6.45) is -0.437. The van der Waals surface area contributed by atoms with E-state index in [1.807, 2.05) is 0 Å². The van der Waals surface area contributed by atoms with Gasteiger partial charge in [-0.2, -0.15) is 13.2 Å². The van der Waals surface area contributed by atoms with Crippen molar-refractivity contribution < 1.29 is 22.8 Å². The molecule has 1 saturated heterocycles. The van der Waals surface area contributed by atoms with Gasteiger partial charge in [-0.1, -0.05) is 24.4 Å². The molecule has 0 radical (unpaired) electrons. The van der Waals surface area contributed by atoms with Crippen molar-refractivity contribution in [2.24, 2.45) is 5.92 Å². The first-order valence-corrected chi connectivity index (χ1v) is 8.60. The number of nitrogens with zero attached hydrogens (tertiary/aromatic N) is 1. The Morgan fingerprint density at radius 2 is 1.92 bits per heavy atom. The molecule has 1 atom stereocenters. The molecule has 1 aromatic rings. The fraction of sp³-hybridized carbons (Fsp3) is 0.529. The Morgan fingerprint density at radius 1 is 1.24 bits per heavy atom. The molecule has 3 rings (SSSR count). The number of alkyl halides is 3. The van der Waals surface area contributed by atoms with Crippen molar-refractivity contribution in [3.05, 3.63) is 28.8 Å². The van der Waals surface area contributed by atoms with Gasteiger partial charge in [-0.3, -0.25) is 9.59 Å². The molecule has 2 aliphatic rings. The second-order valence-corrected chi connectivity index (χ2v) is 6.97. The van der Waals surface area contributed by atoms with Crippen LogP contribution in [0.5, 0.6) is 0 Å². The first-order valence-electron chi connectivity index (χ1n) is 8.23. The molecule has 0 aromatic heterocycles. The van der Waals surface area contributed by atoms with E-state index < -0.39 is 28.6 Å². The van der Waals surface area contributed by atoms with Crippen LogP contribution in [0.4, 0.5) is 18.9 Å². The molecule has 25 heavy (non-hydrogen) atoms. The van der Waals surface area contributed by atoms with Gasteiger partial charge in [0.05, 0.1) is 16.5 Å². The molecule has 136 valence electrons. The first kappa shape index (κ1) is 18.0. The number of nitrogens with one attached hydrogen (secondary N) is 1. The van der Waals surface area contributed by atoms with Crippen LogP contribution in [0.15, 0.2) is 18.2 Å². The van der Waals surface area contributed by atoms with Crippen LogP contribution >= 0.6 is 11.6 Å². The van der Waals surface area contributed by atoms with Crippen molar-refractivity contribution in [1.29, 1.82) is 0 Å². The monoisotopic (exact) mass is 374 g/mol. The van der Waals surface area contributed by atoms with E-state index in [-0.39, 0.29) is 24.1 Å². The number of hydrogen-bond acceptors (Lipinski definition) is 2. The first-order chi connectivity index (χ1) is 11.8. The zero-order valence-electron chi connectivity index (χ0n) is 13.4. The Balaban J connectivity index is 1.68. The minimum absolute atomic E-state index is 0.0218. The van der Waals surface area contributed by atoms with Crippen molar-refractivity contribution in [2.45, 2.75) is 44.3 Å². The lowest BCUT2D eigenvalue weighted by Gasteiger charge is -2.23. The Kier molecular flexibility index (Phi) is 4.95. The highest BCUT2D eigenvalue weighted by Crippen LogP contribution is 2.36. The number of rotatable bonds is 3. The molecule has 0 spiro atoms. The molecule has 1 saturated carbocycles. The highest BCUT2D eigenvalue weighted by molar-refractivity contribution is 6.31. The fourth-order valence-corrected chi connectivity index (χ4v) is 3.77. The lowest BCUT2D eigenvalue weighted by molar-refractivity contribution is -0.137. The summed E-state index contributed by atoms with van der Waals surface area (Å²) >= 11 is 5.57. The maximum atomic E-state index is 12.9. The smallest absolute Gasteiger partial charge is 0.339 e. The summed E-state index contributed by atoms with van der Waals surface area (Å²) in [6.45, 7) is 0.328. The van der Waals surface area contributed by atoms with Crippen molar-refractivity contribution in [1.82, 2.24) is 4.90 Å². The normalized spacial score (nSPS) is 21.8. The summed E-state index contributed by atoms with van der Waals surface area (Å²) in [5.74, 6) is -1.04. The number of halogens is 4. The number of amides is 2. The summed E-state index contributed by atoms with van der Waals surface area (Å²) in [7, 11) is 0. The van der Waals surface area contributed by atoms with Gasteiger partial charge in [0.15, 0.2) is 0 Å². The van der Waals surface area contributed by atoms with Crippen LogP contribution in [0.2, 0.25) is 5.02 Å². The number of hydrogen-bond donors (Lipinski definition) is 1. The molecular weight excluding hydrogens is 357 g/mol. The quantitative estimate of drug-likeness (QED) is 0.866. The number of carbonyl (C=O) groups excluding carboxylic acids is 2. The Bertz CT molecular complexity index is 687. The van der Waals surface area contributed by atoms with Crippen LogP contribution in [-0.4, -0.2) is 29.3 Å². The summed E-state index contributed by atoms with van der Waals surface area (Å²) in [4.78, 5) is 26.3. The van der Waals surface area contributed by atoms with Gasteiger partial charge < -0.3 is 10.2 Å². The Morgan fingerprint density at radius 3 is 2.56 bits per heavy atom. The van der Waals surface area contributed by atoms with Gasteiger partial charge in [-0.25, -0.2) is 0 Å². The molecule has 1 N–H and O–H groups in total. The van der Waals surface area contributed by atoms with Gasteiger partial charge >= 0.3 is 6.18 Å². The van der Waals surface area contributed by atoms with Gasteiger partial charge in [-0.15, -0.1) is 0 Å². The molecule has 1 aliphatic heterocycles. The molecule has 1 aliphatic carbocycles. The zero-order chi connectivity index (χ0) is 18.2. The largest absolute Gasteiger partial charge is 0.417 e. The molecule has 0 unspecified atom stereocenters. The van der Waals surface area contributed by atoms with Crippen molar-refractivity contribution in [2.75, 3.05) is 11.9 Å². The van der Waals surface area contributed by atoms with Gasteiger partial charge in [-0.05, 0) is 31.0 Å². The highest BCUT2D eigenvalue weighted by Gasteiger charge is 2.39. The number of likely N-dealkylation sites (tertiary alicyclic amines) is 1. The van der Waals surface area contributed by atoms with Crippen LogP contribution in [0.3, 0.4) is 0 Å². The second-order valence-electron chi connectivity index (χ2n) is 6.57. The maximum Gasteiger partial charge on any atom is 0.417 e. The van der Waals surface area contributed by atoms with E-state index in [0.29, 0.717) is 6.54 Å². The molecule has 2 amide bonds. The number of anilines is 1. The number of carbonyl (C=O) groups is 2. The lowest BCUT2D eigenvalue weighted by Crippen LogP contribution is -2.35. The van der Waals surface area contributed by atoms with E-state index in [0.717, 1.165) is 37.8 Å². The Hall–Kier alpha value is -1.76. The van der Waals surface area contributed by atoms with Crippen molar-refractivity contribution in [3.63, 3.8) is 0 Å².